The summed E-state index contributed by atoms with van der Waals surface area (Å²) in [6, 6.07) is 19.3. The maximum absolute atomic E-state index is 13.7. The van der Waals surface area contributed by atoms with Crippen LogP contribution in [0.4, 0.5) is 5.69 Å². The average Bonchev–Trinajstić information content (AvgIpc) is 2.92. The summed E-state index contributed by atoms with van der Waals surface area (Å²) in [5.74, 6) is 0.346. The number of halogens is 1. The lowest BCUT2D eigenvalue weighted by molar-refractivity contribution is -0.124. The van der Waals surface area contributed by atoms with Crippen LogP contribution in [0.5, 0.6) is 5.75 Å². The van der Waals surface area contributed by atoms with E-state index < -0.39 is 33.1 Å². The maximum Gasteiger partial charge on any atom is 0.258 e. The van der Waals surface area contributed by atoms with E-state index in [0.29, 0.717) is 18.6 Å². The Balaban J connectivity index is 1.83. The summed E-state index contributed by atoms with van der Waals surface area (Å²) in [6.07, 6.45) is -0.444. The van der Waals surface area contributed by atoms with Crippen molar-refractivity contribution in [3.63, 3.8) is 0 Å². The van der Waals surface area contributed by atoms with Gasteiger partial charge in [-0.15, -0.1) is 0 Å². The number of carbonyl (C=O) groups excluding carboxylic acids is 1. The van der Waals surface area contributed by atoms with Crippen molar-refractivity contribution in [3.05, 3.63) is 87.9 Å². The number of hydrogen-bond acceptors (Lipinski definition) is 6. The molecule has 1 amide bonds. The van der Waals surface area contributed by atoms with Crippen LogP contribution in [0.1, 0.15) is 43.4 Å². The molecule has 0 radical (unpaired) electrons. The van der Waals surface area contributed by atoms with Crippen LogP contribution in [0.3, 0.4) is 0 Å². The Labute approximate surface area is 252 Å². The third-order valence-corrected chi connectivity index (χ3v) is 9.75. The molecule has 3 atom stereocenters. The van der Waals surface area contributed by atoms with Gasteiger partial charge in [0.2, 0.25) is 0 Å². The maximum atomic E-state index is 13.7. The molecule has 3 aromatic carbocycles. The molecule has 0 heterocycles. The first-order valence-corrected chi connectivity index (χ1v) is 16.2. The van der Waals surface area contributed by atoms with Gasteiger partial charge in [0.25, 0.3) is 5.91 Å². The molecule has 0 saturated carbocycles. The third kappa shape index (κ3) is 9.31. The van der Waals surface area contributed by atoms with E-state index in [0.717, 1.165) is 26.9 Å². The minimum absolute atomic E-state index is 0.0228. The molecule has 41 heavy (non-hydrogen) atoms. The van der Waals surface area contributed by atoms with Crippen LogP contribution >= 0.6 is 15.9 Å². The fraction of sp³-hybridized carbons (Fsp3) is 0.406. The first-order valence-electron chi connectivity index (χ1n) is 13.8. The van der Waals surface area contributed by atoms with E-state index in [1.54, 1.807) is 31.3 Å². The van der Waals surface area contributed by atoms with E-state index in [9.17, 15) is 18.3 Å². The highest BCUT2D eigenvalue weighted by molar-refractivity contribution is 9.10. The molecule has 3 rings (SSSR count). The summed E-state index contributed by atoms with van der Waals surface area (Å²) in [7, 11) is -1.97. The van der Waals surface area contributed by atoms with E-state index >= 15 is 0 Å². The molecular formula is C32H41BrN2O5S. The van der Waals surface area contributed by atoms with Crippen molar-refractivity contribution < 1.29 is 23.1 Å². The lowest BCUT2D eigenvalue weighted by Crippen LogP contribution is -2.48. The first-order chi connectivity index (χ1) is 19.4. The highest BCUT2D eigenvalue weighted by Crippen LogP contribution is 2.28. The Kier molecular flexibility index (Phi) is 11.8. The van der Waals surface area contributed by atoms with Crippen LogP contribution < -0.4 is 15.4 Å². The second-order valence-corrected chi connectivity index (χ2v) is 14.0. The number of para-hydroxylation sites is 1. The van der Waals surface area contributed by atoms with Gasteiger partial charge in [-0.05, 0) is 92.1 Å². The van der Waals surface area contributed by atoms with Crippen LogP contribution in [-0.2, 0) is 21.1 Å². The number of sulfone groups is 1. The molecule has 0 bridgehead atoms. The Hall–Kier alpha value is -2.88. The summed E-state index contributed by atoms with van der Waals surface area (Å²) in [5, 5.41) is 16.6. The van der Waals surface area contributed by atoms with Gasteiger partial charge >= 0.3 is 0 Å². The molecule has 0 aliphatic heterocycles. The molecule has 0 aliphatic carbocycles. The fourth-order valence-electron chi connectivity index (χ4n) is 4.93. The highest BCUT2D eigenvalue weighted by Gasteiger charge is 2.33. The minimum Gasteiger partial charge on any atom is -0.483 e. The van der Waals surface area contributed by atoms with Crippen LogP contribution in [0, 0.1) is 19.8 Å². The second-order valence-electron chi connectivity index (χ2n) is 10.9. The van der Waals surface area contributed by atoms with Gasteiger partial charge in [0, 0.05) is 17.2 Å². The van der Waals surface area contributed by atoms with Crippen LogP contribution in [0.2, 0.25) is 0 Å². The molecule has 0 spiro atoms. The summed E-state index contributed by atoms with van der Waals surface area (Å²) in [6.45, 7) is 7.54. The quantitative estimate of drug-likeness (QED) is 0.203. The second kappa shape index (κ2) is 14.8. The van der Waals surface area contributed by atoms with E-state index in [2.05, 4.69) is 26.6 Å². The lowest BCUT2D eigenvalue weighted by Gasteiger charge is -2.29. The van der Waals surface area contributed by atoms with Gasteiger partial charge in [0.05, 0.1) is 22.3 Å². The average molecular weight is 646 g/mol. The van der Waals surface area contributed by atoms with Crippen molar-refractivity contribution in [2.75, 3.05) is 19.0 Å². The number of rotatable bonds is 14. The predicted molar refractivity (Wildman–Crippen MR) is 168 cm³/mol. The first kappa shape index (κ1) is 32.6. The topological polar surface area (TPSA) is 105 Å². The number of aliphatic hydroxyl groups is 1. The monoisotopic (exact) mass is 644 g/mol. The predicted octanol–water partition coefficient (Wildman–Crippen LogP) is 5.85. The molecule has 7 nitrogen and oxygen atoms in total. The van der Waals surface area contributed by atoms with Crippen molar-refractivity contribution in [1.82, 2.24) is 5.32 Å². The van der Waals surface area contributed by atoms with Crippen molar-refractivity contribution >= 4 is 37.4 Å². The molecule has 0 aromatic heterocycles. The standard InChI is InChI=1S/C32H41BrN2O5S/c1-21(2)16-28(41(38,39)27-14-12-26(34-5)13-15-27)19-30(36)29(18-24-10-7-11-25(33)17-24)35-31(37)20-40-32-22(3)8-6-9-23(32)4/h6-15,17,21,28-30,34,36H,16,18-20H2,1-5H3,(H,35,37)/t28-,29+,30-/m1/s1. The summed E-state index contributed by atoms with van der Waals surface area (Å²) >= 11 is 3.48. The molecule has 3 N–H and O–H groups in total. The van der Waals surface area contributed by atoms with Gasteiger partial charge in [0.15, 0.2) is 16.4 Å². The number of nitrogens with one attached hydrogen (secondary N) is 2. The SMILES string of the molecule is CNc1ccc(S(=O)(=O)[C@H](CC(C)C)C[C@@H](O)[C@H](Cc2cccc(Br)c2)NC(=O)COc2c(C)cccc2C)cc1. The summed E-state index contributed by atoms with van der Waals surface area (Å²) < 4.78 is 34.2. The molecule has 0 aliphatic rings. The van der Waals surface area contributed by atoms with E-state index in [4.69, 9.17) is 4.74 Å². The minimum atomic E-state index is -3.75. The van der Waals surface area contributed by atoms with Crippen molar-refractivity contribution in [2.24, 2.45) is 5.92 Å². The smallest absolute Gasteiger partial charge is 0.258 e. The number of anilines is 1. The molecule has 0 saturated heterocycles. The Bertz CT molecular complexity index is 1390. The number of aliphatic hydroxyl groups excluding tert-OH is 1. The van der Waals surface area contributed by atoms with Gasteiger partial charge in [-0.3, -0.25) is 4.79 Å². The molecule has 9 heteroatoms. The van der Waals surface area contributed by atoms with Gasteiger partial charge in [0.1, 0.15) is 5.75 Å². The van der Waals surface area contributed by atoms with Gasteiger partial charge < -0.3 is 20.5 Å². The zero-order valence-corrected chi connectivity index (χ0v) is 26.8. The third-order valence-electron chi connectivity index (χ3n) is 7.06. The van der Waals surface area contributed by atoms with Gasteiger partial charge in [-0.2, -0.15) is 0 Å². The van der Waals surface area contributed by atoms with Gasteiger partial charge in [-0.1, -0.05) is 60.1 Å². The van der Waals surface area contributed by atoms with Crippen LogP contribution in [0.15, 0.2) is 76.1 Å². The van der Waals surface area contributed by atoms with Crippen LogP contribution in [0.25, 0.3) is 0 Å². The van der Waals surface area contributed by atoms with Crippen LogP contribution in [-0.4, -0.2) is 50.5 Å². The number of carbonyl (C=O) groups is 1. The molecule has 0 unspecified atom stereocenters. The summed E-state index contributed by atoms with van der Waals surface area (Å²) in [4.78, 5) is 13.3. The Morgan fingerprint density at radius 1 is 0.976 bits per heavy atom. The summed E-state index contributed by atoms with van der Waals surface area (Å²) in [5.41, 5.74) is 3.55. The number of hydrogen-bond donors (Lipinski definition) is 3. The van der Waals surface area contributed by atoms with E-state index in [1.807, 2.05) is 70.2 Å². The van der Waals surface area contributed by atoms with E-state index in [1.165, 1.54) is 0 Å². The molecule has 222 valence electrons. The normalized spacial score (nSPS) is 13.9. The number of ether oxygens (including phenoxy) is 1. The van der Waals surface area contributed by atoms with Crippen molar-refractivity contribution in [1.29, 1.82) is 0 Å². The van der Waals surface area contributed by atoms with E-state index in [-0.39, 0.29) is 23.8 Å². The Morgan fingerprint density at radius 3 is 2.20 bits per heavy atom. The zero-order chi connectivity index (χ0) is 30.2. The van der Waals surface area contributed by atoms with Gasteiger partial charge in [-0.25, -0.2) is 8.42 Å². The lowest BCUT2D eigenvalue weighted by atomic mass is 9.95. The number of amides is 1. The molecular weight excluding hydrogens is 604 g/mol. The largest absolute Gasteiger partial charge is 0.483 e. The van der Waals surface area contributed by atoms with Crippen molar-refractivity contribution in [3.8, 4) is 5.75 Å². The number of benzene rings is 3. The fourth-order valence-corrected chi connectivity index (χ4v) is 7.36. The molecule has 3 aromatic rings. The Morgan fingerprint density at radius 2 is 1.61 bits per heavy atom. The van der Waals surface area contributed by atoms with Crippen molar-refractivity contribution in [2.45, 2.75) is 69.2 Å². The molecule has 0 fully saturated rings. The highest BCUT2D eigenvalue weighted by atomic mass is 79.9. The number of aryl methyl sites for hydroxylation is 2. The zero-order valence-electron chi connectivity index (χ0n) is 24.4.